The van der Waals surface area contributed by atoms with Gasteiger partial charge in [0.15, 0.2) is 0 Å². The van der Waals surface area contributed by atoms with Gasteiger partial charge in [0.2, 0.25) is 0 Å². The molecule has 0 heterocycles. The second kappa shape index (κ2) is 4.47. The first-order valence-corrected chi connectivity index (χ1v) is 5.34. The fourth-order valence-corrected chi connectivity index (χ4v) is 1.58. The Balaban J connectivity index is 2.05. The molecular formula is C13H15FO. The van der Waals surface area contributed by atoms with E-state index in [0.29, 0.717) is 18.3 Å². The maximum Gasteiger partial charge on any atom is 0.127 e. The molecule has 2 rings (SSSR count). The highest BCUT2D eigenvalue weighted by molar-refractivity contribution is 5.33. The second-order valence-electron chi connectivity index (χ2n) is 3.92. The first-order chi connectivity index (χ1) is 7.29. The molecule has 1 nitrogen and oxygen atoms in total. The molecule has 1 aliphatic rings. The van der Waals surface area contributed by atoms with E-state index >= 15 is 0 Å². The van der Waals surface area contributed by atoms with Crippen LogP contribution in [-0.2, 0) is 0 Å². The average Bonchev–Trinajstić information content (AvgIpc) is 3.00. The highest BCUT2D eigenvalue weighted by atomic mass is 19.1. The van der Waals surface area contributed by atoms with E-state index in [0.717, 1.165) is 12.0 Å². The number of rotatable bonds is 5. The van der Waals surface area contributed by atoms with Crippen LogP contribution in [0.3, 0.4) is 0 Å². The predicted molar refractivity (Wildman–Crippen MR) is 58.7 cm³/mol. The third-order valence-electron chi connectivity index (χ3n) is 2.53. The van der Waals surface area contributed by atoms with Gasteiger partial charge in [0.25, 0.3) is 0 Å². The maximum atomic E-state index is 13.2. The molecule has 1 aromatic carbocycles. The highest BCUT2D eigenvalue weighted by Gasteiger charge is 2.24. The summed E-state index contributed by atoms with van der Waals surface area (Å²) in [5.41, 5.74) is 1.07. The molecule has 80 valence electrons. The van der Waals surface area contributed by atoms with Gasteiger partial charge in [-0.1, -0.05) is 6.08 Å². The lowest BCUT2D eigenvalue weighted by Gasteiger charge is -2.07. The molecule has 0 N–H and O–H groups in total. The average molecular weight is 206 g/mol. The minimum Gasteiger partial charge on any atom is -0.493 e. The highest BCUT2D eigenvalue weighted by Crippen LogP contribution is 2.41. The Hall–Kier alpha value is -1.31. The van der Waals surface area contributed by atoms with E-state index in [1.807, 2.05) is 6.07 Å². The van der Waals surface area contributed by atoms with Gasteiger partial charge < -0.3 is 4.74 Å². The third-order valence-corrected chi connectivity index (χ3v) is 2.53. The Morgan fingerprint density at radius 3 is 2.87 bits per heavy atom. The Labute approximate surface area is 89.6 Å². The second-order valence-corrected chi connectivity index (χ2v) is 3.92. The maximum absolute atomic E-state index is 13.2. The minimum absolute atomic E-state index is 0.201. The molecule has 0 spiro atoms. The number of ether oxygens (including phenoxy) is 1. The number of halogens is 1. The van der Waals surface area contributed by atoms with Gasteiger partial charge in [-0.25, -0.2) is 4.39 Å². The molecule has 0 atom stereocenters. The van der Waals surface area contributed by atoms with Crippen LogP contribution < -0.4 is 4.74 Å². The van der Waals surface area contributed by atoms with Gasteiger partial charge in [-0.05, 0) is 42.9 Å². The summed E-state index contributed by atoms with van der Waals surface area (Å²) in [5.74, 6) is 0.995. The Morgan fingerprint density at radius 1 is 1.40 bits per heavy atom. The fraction of sp³-hybridized carbons (Fsp3) is 0.385. The zero-order valence-electron chi connectivity index (χ0n) is 8.71. The molecule has 0 aliphatic heterocycles. The molecule has 1 aromatic rings. The van der Waals surface area contributed by atoms with Crippen molar-refractivity contribution < 1.29 is 9.13 Å². The van der Waals surface area contributed by atoms with E-state index < -0.39 is 0 Å². The SMILES string of the molecule is C=CCCOc1cc(F)cc(C2CC2)c1. The van der Waals surface area contributed by atoms with Crippen LogP contribution >= 0.6 is 0 Å². The van der Waals surface area contributed by atoms with E-state index in [2.05, 4.69) is 6.58 Å². The molecule has 0 aromatic heterocycles. The summed E-state index contributed by atoms with van der Waals surface area (Å²) in [5, 5.41) is 0. The molecule has 0 amide bonds. The first-order valence-electron chi connectivity index (χ1n) is 5.34. The molecule has 0 saturated heterocycles. The van der Waals surface area contributed by atoms with Crippen LogP contribution in [0.4, 0.5) is 4.39 Å². The Kier molecular flexibility index (Phi) is 3.05. The van der Waals surface area contributed by atoms with Crippen LogP contribution in [0.15, 0.2) is 30.9 Å². The van der Waals surface area contributed by atoms with Crippen molar-refractivity contribution in [3.8, 4) is 5.75 Å². The molecule has 1 saturated carbocycles. The molecule has 0 unspecified atom stereocenters. The van der Waals surface area contributed by atoms with Crippen LogP contribution in [0.2, 0.25) is 0 Å². The summed E-state index contributed by atoms with van der Waals surface area (Å²) < 4.78 is 18.7. The van der Waals surface area contributed by atoms with E-state index in [9.17, 15) is 4.39 Å². The predicted octanol–water partition coefficient (Wildman–Crippen LogP) is 3.66. The molecule has 0 radical (unpaired) electrons. The zero-order chi connectivity index (χ0) is 10.7. The van der Waals surface area contributed by atoms with E-state index in [1.54, 1.807) is 12.1 Å². The van der Waals surface area contributed by atoms with Gasteiger partial charge >= 0.3 is 0 Å². The van der Waals surface area contributed by atoms with Crippen LogP contribution in [0, 0.1) is 5.82 Å². The number of benzene rings is 1. The number of hydrogen-bond donors (Lipinski definition) is 0. The fourth-order valence-electron chi connectivity index (χ4n) is 1.58. The molecule has 1 fully saturated rings. The molecule has 2 heteroatoms. The summed E-state index contributed by atoms with van der Waals surface area (Å²) in [6, 6.07) is 5.00. The van der Waals surface area contributed by atoms with Gasteiger partial charge in [-0.3, -0.25) is 0 Å². The summed E-state index contributed by atoms with van der Waals surface area (Å²) in [6.45, 7) is 4.18. The van der Waals surface area contributed by atoms with Crippen LogP contribution in [0.5, 0.6) is 5.75 Å². The molecular weight excluding hydrogens is 191 g/mol. The minimum atomic E-state index is -0.201. The van der Waals surface area contributed by atoms with Crippen molar-refractivity contribution >= 4 is 0 Å². The lowest BCUT2D eigenvalue weighted by molar-refractivity contribution is 0.323. The molecule has 0 bridgehead atoms. The molecule has 15 heavy (non-hydrogen) atoms. The molecule has 1 aliphatic carbocycles. The van der Waals surface area contributed by atoms with Crippen molar-refractivity contribution in [1.29, 1.82) is 0 Å². The lowest BCUT2D eigenvalue weighted by Crippen LogP contribution is -1.97. The zero-order valence-corrected chi connectivity index (χ0v) is 8.71. The van der Waals surface area contributed by atoms with E-state index in [4.69, 9.17) is 4.74 Å². The van der Waals surface area contributed by atoms with E-state index in [1.165, 1.54) is 18.9 Å². The van der Waals surface area contributed by atoms with Crippen molar-refractivity contribution in [2.24, 2.45) is 0 Å². The summed E-state index contributed by atoms with van der Waals surface area (Å²) in [6.07, 6.45) is 4.93. The smallest absolute Gasteiger partial charge is 0.127 e. The summed E-state index contributed by atoms with van der Waals surface area (Å²) >= 11 is 0. The van der Waals surface area contributed by atoms with E-state index in [-0.39, 0.29) is 5.82 Å². The van der Waals surface area contributed by atoms with Gasteiger partial charge in [0.1, 0.15) is 11.6 Å². The van der Waals surface area contributed by atoms with Crippen molar-refractivity contribution in [1.82, 2.24) is 0 Å². The normalized spacial score (nSPS) is 15.0. The standard InChI is InChI=1S/C13H15FO/c1-2-3-6-15-13-8-11(10-4-5-10)7-12(14)9-13/h2,7-10H,1,3-6H2. The van der Waals surface area contributed by atoms with Crippen molar-refractivity contribution in [3.05, 3.63) is 42.2 Å². The van der Waals surface area contributed by atoms with Crippen molar-refractivity contribution in [3.63, 3.8) is 0 Å². The van der Waals surface area contributed by atoms with Crippen molar-refractivity contribution in [2.45, 2.75) is 25.2 Å². The quantitative estimate of drug-likeness (QED) is 0.527. The largest absolute Gasteiger partial charge is 0.493 e. The van der Waals surface area contributed by atoms with Crippen LogP contribution in [0.25, 0.3) is 0 Å². The van der Waals surface area contributed by atoms with Gasteiger partial charge in [0.05, 0.1) is 6.61 Å². The topological polar surface area (TPSA) is 9.23 Å². The first kappa shape index (κ1) is 10.2. The van der Waals surface area contributed by atoms with Crippen LogP contribution in [0.1, 0.15) is 30.7 Å². The van der Waals surface area contributed by atoms with Gasteiger partial charge in [0, 0.05) is 6.07 Å². The van der Waals surface area contributed by atoms with Gasteiger partial charge in [-0.15, -0.1) is 6.58 Å². The third kappa shape index (κ3) is 2.82. The summed E-state index contributed by atoms with van der Waals surface area (Å²) in [7, 11) is 0. The van der Waals surface area contributed by atoms with Crippen molar-refractivity contribution in [2.75, 3.05) is 6.61 Å². The number of hydrogen-bond acceptors (Lipinski definition) is 1. The van der Waals surface area contributed by atoms with Gasteiger partial charge in [-0.2, -0.15) is 0 Å². The van der Waals surface area contributed by atoms with Crippen LogP contribution in [-0.4, -0.2) is 6.61 Å². The lowest BCUT2D eigenvalue weighted by atomic mass is 10.1. The Bertz CT molecular complexity index is 356. The Morgan fingerprint density at radius 2 is 2.20 bits per heavy atom. The summed E-state index contributed by atoms with van der Waals surface area (Å²) in [4.78, 5) is 0. The monoisotopic (exact) mass is 206 g/mol.